The third kappa shape index (κ3) is 2.20. The van der Waals surface area contributed by atoms with Crippen LogP contribution in [-0.4, -0.2) is 36.5 Å². The van der Waals surface area contributed by atoms with Gasteiger partial charge in [0.1, 0.15) is 0 Å². The summed E-state index contributed by atoms with van der Waals surface area (Å²) < 4.78 is 43.4. The van der Waals surface area contributed by atoms with Gasteiger partial charge in [0.2, 0.25) is 11.5 Å². The van der Waals surface area contributed by atoms with Gasteiger partial charge in [0.25, 0.3) is 0 Å². The number of nitrogens with two attached hydrogens (primary N) is 1. The zero-order chi connectivity index (χ0) is 21.0. The highest BCUT2D eigenvalue weighted by Gasteiger charge is 2.65. The smallest absolute Gasteiger partial charge is 0.374 e. The Hall–Kier alpha value is -2.36. The number of aromatic nitrogens is 4. The lowest BCUT2D eigenvalue weighted by atomic mass is 9.58. The maximum Gasteiger partial charge on any atom is 0.424 e. The van der Waals surface area contributed by atoms with Crippen LogP contribution in [0.1, 0.15) is 57.1 Å². The largest absolute Gasteiger partial charge is 0.424 e. The molecule has 1 aliphatic heterocycles. The van der Waals surface area contributed by atoms with Crippen molar-refractivity contribution >= 4 is 5.91 Å². The summed E-state index contributed by atoms with van der Waals surface area (Å²) in [6.45, 7) is 2.87. The number of hydrogen-bond acceptors (Lipinski definition) is 4. The summed E-state index contributed by atoms with van der Waals surface area (Å²) in [7, 11) is 0. The first-order chi connectivity index (χ1) is 13.4. The van der Waals surface area contributed by atoms with Gasteiger partial charge in [-0.25, -0.2) is 4.98 Å². The second-order valence-corrected chi connectivity index (χ2v) is 9.13. The molecule has 3 fully saturated rings. The fraction of sp³-hybridized carbons (Fsp3) is 0.632. The first-order valence-electron chi connectivity index (χ1n) is 9.66. The summed E-state index contributed by atoms with van der Waals surface area (Å²) in [5.41, 5.74) is 3.93. The van der Waals surface area contributed by atoms with Crippen LogP contribution in [0.3, 0.4) is 0 Å². The van der Waals surface area contributed by atoms with Crippen LogP contribution >= 0.6 is 0 Å². The predicted molar refractivity (Wildman–Crippen MR) is 95.6 cm³/mol. The minimum Gasteiger partial charge on any atom is -0.374 e. The fourth-order valence-electron chi connectivity index (χ4n) is 5.52. The van der Waals surface area contributed by atoms with Gasteiger partial charge in [0.15, 0.2) is 5.82 Å². The molecule has 3 aliphatic carbocycles. The molecule has 6 rings (SSSR count). The number of nitrogens with zero attached hydrogens (tertiary/aromatic N) is 4. The summed E-state index contributed by atoms with van der Waals surface area (Å²) in [5, 5.41) is 14.9. The van der Waals surface area contributed by atoms with Gasteiger partial charge in [0.05, 0.1) is 41.3 Å². The van der Waals surface area contributed by atoms with Crippen molar-refractivity contribution < 1.29 is 23.1 Å². The molecule has 0 unspecified atom stereocenters. The molecule has 3 saturated carbocycles. The lowest BCUT2D eigenvalue weighted by Gasteiger charge is -2.44. The average Bonchev–Trinajstić information content (AvgIpc) is 3.32. The molecule has 0 aromatic carbocycles. The molecule has 1 amide bonds. The van der Waals surface area contributed by atoms with E-state index in [1.165, 1.54) is 10.8 Å². The lowest BCUT2D eigenvalue weighted by Crippen LogP contribution is -2.48. The van der Waals surface area contributed by atoms with Crippen molar-refractivity contribution in [2.24, 2.45) is 11.1 Å². The van der Waals surface area contributed by atoms with E-state index in [1.807, 2.05) is 6.07 Å². The highest BCUT2D eigenvalue weighted by Crippen LogP contribution is 2.67. The van der Waals surface area contributed by atoms with Gasteiger partial charge >= 0.3 is 6.18 Å². The molecule has 2 atom stereocenters. The quantitative estimate of drug-likeness (QED) is 0.813. The molecule has 3 N–H and O–H groups in total. The summed E-state index contributed by atoms with van der Waals surface area (Å²) in [6.07, 6.45) is -0.552. The Morgan fingerprint density at radius 2 is 2.00 bits per heavy atom. The SMILES string of the molecule is C[C@H]1Cn2nc(C34CCC(C(N)=O)(C3)C4)cc2-c2cnc([C@@](C)(O)C(F)(F)F)n21. The van der Waals surface area contributed by atoms with Crippen molar-refractivity contribution in [1.29, 1.82) is 0 Å². The number of halogens is 3. The molecular weight excluding hydrogens is 387 g/mol. The summed E-state index contributed by atoms with van der Waals surface area (Å²) in [5.74, 6) is -0.683. The number of fused-ring (bicyclic) bond motifs is 4. The van der Waals surface area contributed by atoms with E-state index in [1.54, 1.807) is 11.6 Å². The van der Waals surface area contributed by atoms with Gasteiger partial charge in [-0.3, -0.25) is 9.48 Å². The maximum absolute atomic E-state index is 13.4. The summed E-state index contributed by atoms with van der Waals surface area (Å²) in [6, 6.07) is 1.53. The van der Waals surface area contributed by atoms with Gasteiger partial charge < -0.3 is 15.4 Å². The number of hydrogen-bond donors (Lipinski definition) is 2. The van der Waals surface area contributed by atoms with Crippen molar-refractivity contribution in [2.75, 3.05) is 0 Å². The monoisotopic (exact) mass is 409 g/mol. The zero-order valence-corrected chi connectivity index (χ0v) is 16.1. The minimum absolute atomic E-state index is 0.187. The van der Waals surface area contributed by atoms with Crippen LogP contribution < -0.4 is 5.73 Å². The fourth-order valence-corrected chi connectivity index (χ4v) is 5.52. The topological polar surface area (TPSA) is 99.0 Å². The molecule has 2 aromatic rings. The van der Waals surface area contributed by atoms with E-state index in [-0.39, 0.29) is 17.4 Å². The first kappa shape index (κ1) is 18.7. The van der Waals surface area contributed by atoms with Crippen molar-refractivity contribution in [1.82, 2.24) is 19.3 Å². The number of carbonyl (C=O) groups excluding carboxylic acids is 1. The number of amides is 1. The number of imidazole rings is 1. The molecule has 0 spiro atoms. The summed E-state index contributed by atoms with van der Waals surface area (Å²) in [4.78, 5) is 15.7. The molecule has 0 radical (unpaired) electrons. The highest BCUT2D eigenvalue weighted by molar-refractivity contribution is 5.83. The van der Waals surface area contributed by atoms with E-state index in [9.17, 15) is 23.1 Å². The molecule has 4 aliphatic rings. The first-order valence-corrected chi connectivity index (χ1v) is 9.66. The van der Waals surface area contributed by atoms with E-state index >= 15 is 0 Å². The lowest BCUT2D eigenvalue weighted by molar-refractivity contribution is -0.262. The van der Waals surface area contributed by atoms with Gasteiger partial charge in [-0.15, -0.1) is 0 Å². The van der Waals surface area contributed by atoms with Crippen molar-refractivity contribution in [2.45, 2.75) is 69.3 Å². The molecule has 10 heteroatoms. The van der Waals surface area contributed by atoms with E-state index < -0.39 is 23.0 Å². The normalized spacial score (nSPS) is 32.3. The van der Waals surface area contributed by atoms with Crippen LogP contribution in [0, 0.1) is 5.41 Å². The molecule has 2 aromatic heterocycles. The van der Waals surface area contributed by atoms with Crippen LogP contribution in [0.2, 0.25) is 0 Å². The Bertz CT molecular complexity index is 1030. The Balaban J connectivity index is 1.56. The number of rotatable bonds is 3. The van der Waals surface area contributed by atoms with Crippen LogP contribution in [0.25, 0.3) is 11.4 Å². The standard InChI is InChI=1S/C19H22F3N5O2/c1-10-7-26-11(12-6-24-15(27(10)12)16(2,29)19(20,21)22)5-13(25-26)17-3-4-18(8-17,9-17)14(23)28/h5-6,10,29H,3-4,7-9H2,1-2H3,(H2,23,28)/t10-,16+,17?,18?/m0/s1. The van der Waals surface area contributed by atoms with Crippen LogP contribution in [-0.2, 0) is 22.4 Å². The van der Waals surface area contributed by atoms with E-state index in [0.717, 1.165) is 25.5 Å². The van der Waals surface area contributed by atoms with Gasteiger partial charge in [-0.05, 0) is 45.6 Å². The Morgan fingerprint density at radius 3 is 2.59 bits per heavy atom. The maximum atomic E-state index is 13.4. The van der Waals surface area contributed by atoms with Crippen molar-refractivity contribution in [3.05, 3.63) is 23.8 Å². The number of aliphatic hydroxyl groups is 1. The molecule has 29 heavy (non-hydrogen) atoms. The number of primary amides is 1. The van der Waals surface area contributed by atoms with Crippen molar-refractivity contribution in [3.63, 3.8) is 0 Å². The number of carbonyl (C=O) groups is 1. The Morgan fingerprint density at radius 1 is 1.31 bits per heavy atom. The Kier molecular flexibility index (Phi) is 3.35. The van der Waals surface area contributed by atoms with Gasteiger partial charge in [-0.1, -0.05) is 0 Å². The van der Waals surface area contributed by atoms with E-state index in [4.69, 9.17) is 10.8 Å². The molecule has 3 heterocycles. The Labute approximate surface area is 164 Å². The second-order valence-electron chi connectivity index (χ2n) is 9.13. The zero-order valence-electron chi connectivity index (χ0n) is 16.1. The van der Waals surface area contributed by atoms with Crippen LogP contribution in [0.15, 0.2) is 12.3 Å². The predicted octanol–water partition coefficient (Wildman–Crippen LogP) is 2.39. The van der Waals surface area contributed by atoms with E-state index in [0.29, 0.717) is 30.8 Å². The second kappa shape index (κ2) is 5.21. The number of alkyl halides is 3. The molecular formula is C19H22F3N5O2. The van der Waals surface area contributed by atoms with E-state index in [2.05, 4.69) is 4.98 Å². The van der Waals surface area contributed by atoms with Gasteiger partial charge in [0, 0.05) is 5.41 Å². The minimum atomic E-state index is -4.84. The van der Waals surface area contributed by atoms with Crippen LogP contribution in [0.5, 0.6) is 0 Å². The van der Waals surface area contributed by atoms with Gasteiger partial charge in [-0.2, -0.15) is 18.3 Å². The third-order valence-corrected chi connectivity index (χ3v) is 7.21. The molecule has 0 saturated heterocycles. The average molecular weight is 409 g/mol. The summed E-state index contributed by atoms with van der Waals surface area (Å²) >= 11 is 0. The third-order valence-electron chi connectivity index (χ3n) is 7.21. The van der Waals surface area contributed by atoms with Crippen LogP contribution in [0.4, 0.5) is 13.2 Å². The molecule has 7 nitrogen and oxygen atoms in total. The highest BCUT2D eigenvalue weighted by atomic mass is 19.4. The molecule has 156 valence electrons. The molecule has 2 bridgehead atoms. The van der Waals surface area contributed by atoms with Crippen molar-refractivity contribution in [3.8, 4) is 11.4 Å².